The minimum Gasteiger partial charge on any atom is -0.339 e. The van der Waals surface area contributed by atoms with Crippen LogP contribution in [0.3, 0.4) is 0 Å². The molecule has 1 aromatic rings. The van der Waals surface area contributed by atoms with Gasteiger partial charge in [-0.15, -0.1) is 0 Å². The van der Waals surface area contributed by atoms with Crippen molar-refractivity contribution in [3.8, 4) is 0 Å². The van der Waals surface area contributed by atoms with Crippen molar-refractivity contribution in [2.45, 2.75) is 32.2 Å². The predicted molar refractivity (Wildman–Crippen MR) is 80.5 cm³/mol. The highest BCUT2D eigenvalue weighted by Crippen LogP contribution is 2.18. The lowest BCUT2D eigenvalue weighted by molar-refractivity contribution is -0.134. The van der Waals surface area contributed by atoms with E-state index in [1.807, 2.05) is 0 Å². The zero-order chi connectivity index (χ0) is 15.9. The Hall–Kier alpha value is -1.70. The van der Waals surface area contributed by atoms with Crippen LogP contribution in [0.2, 0.25) is 0 Å². The fraction of sp³-hybridized carbons (Fsp3) is 0.643. The van der Waals surface area contributed by atoms with Crippen LogP contribution in [0.15, 0.2) is 10.9 Å². The van der Waals surface area contributed by atoms with Crippen LogP contribution in [0.5, 0.6) is 0 Å². The molecule has 22 heavy (non-hydrogen) atoms. The van der Waals surface area contributed by atoms with Gasteiger partial charge in [-0.1, -0.05) is 0 Å². The molecule has 3 rings (SSSR count). The zero-order valence-electron chi connectivity index (χ0n) is 12.5. The van der Waals surface area contributed by atoms with Gasteiger partial charge in [-0.05, 0) is 31.7 Å². The summed E-state index contributed by atoms with van der Waals surface area (Å²) in [6, 6.07) is 0.860. The quantitative estimate of drug-likeness (QED) is 0.735. The average Bonchev–Trinajstić information content (AvgIpc) is 2.92. The number of sulfone groups is 1. The van der Waals surface area contributed by atoms with Gasteiger partial charge in [-0.3, -0.25) is 9.59 Å². The highest BCUT2D eigenvalue weighted by molar-refractivity contribution is 7.91. The van der Waals surface area contributed by atoms with Crippen molar-refractivity contribution >= 4 is 15.7 Å². The first-order chi connectivity index (χ1) is 10.4. The molecule has 2 aliphatic rings. The zero-order valence-corrected chi connectivity index (χ0v) is 13.3. The summed E-state index contributed by atoms with van der Waals surface area (Å²) in [7, 11) is -3.03. The maximum Gasteiger partial charge on any atom is 0.267 e. The summed E-state index contributed by atoms with van der Waals surface area (Å²) in [6.07, 6.45) is 2.68. The van der Waals surface area contributed by atoms with Gasteiger partial charge >= 0.3 is 0 Å². The highest BCUT2D eigenvalue weighted by atomic mass is 32.2. The lowest BCUT2D eigenvalue weighted by Gasteiger charge is -2.29. The molecule has 1 aliphatic carbocycles. The summed E-state index contributed by atoms with van der Waals surface area (Å²) in [5.74, 6) is -0.280. The van der Waals surface area contributed by atoms with E-state index in [0.29, 0.717) is 0 Å². The molecule has 1 atom stereocenters. The van der Waals surface area contributed by atoms with Gasteiger partial charge in [0.1, 0.15) is 6.04 Å². The third-order valence-electron chi connectivity index (χ3n) is 4.36. The molecule has 8 heteroatoms. The van der Waals surface area contributed by atoms with Crippen molar-refractivity contribution in [3.63, 3.8) is 0 Å². The first-order valence-corrected chi connectivity index (χ1v) is 9.30. The van der Waals surface area contributed by atoms with Crippen LogP contribution < -0.4 is 5.56 Å². The smallest absolute Gasteiger partial charge is 0.267 e. The van der Waals surface area contributed by atoms with Crippen LogP contribution in [0.1, 0.15) is 30.6 Å². The number of hydrogen-bond donors (Lipinski definition) is 0. The SMILES string of the molecule is CC(C(=O)N1CCS(=O)(=O)CC1)n1nc2c(cc1=O)CCC2. The summed E-state index contributed by atoms with van der Waals surface area (Å²) in [5.41, 5.74) is 1.59. The summed E-state index contributed by atoms with van der Waals surface area (Å²) >= 11 is 0. The lowest BCUT2D eigenvalue weighted by atomic mass is 10.2. The molecule has 1 unspecified atom stereocenters. The molecule has 2 heterocycles. The molecule has 0 N–H and O–H groups in total. The van der Waals surface area contributed by atoms with Crippen molar-refractivity contribution in [2.75, 3.05) is 24.6 Å². The third kappa shape index (κ3) is 2.79. The Morgan fingerprint density at radius 3 is 2.64 bits per heavy atom. The first kappa shape index (κ1) is 15.2. The molecule has 120 valence electrons. The second-order valence-corrected chi connectivity index (χ2v) is 8.21. The number of aromatic nitrogens is 2. The van der Waals surface area contributed by atoms with E-state index in [0.717, 1.165) is 30.5 Å². The molecule has 1 saturated heterocycles. The fourth-order valence-corrected chi connectivity index (χ4v) is 4.20. The third-order valence-corrected chi connectivity index (χ3v) is 5.97. The van der Waals surface area contributed by atoms with Crippen LogP contribution >= 0.6 is 0 Å². The number of carbonyl (C=O) groups is 1. The number of carbonyl (C=O) groups excluding carboxylic acids is 1. The molecule has 1 amide bonds. The Labute approximate surface area is 128 Å². The Morgan fingerprint density at radius 2 is 1.95 bits per heavy atom. The van der Waals surface area contributed by atoms with E-state index in [-0.39, 0.29) is 36.1 Å². The molecular weight excluding hydrogens is 306 g/mol. The second-order valence-electron chi connectivity index (χ2n) is 5.91. The van der Waals surface area contributed by atoms with E-state index < -0.39 is 15.9 Å². The predicted octanol–water partition coefficient (Wildman–Crippen LogP) is -0.450. The molecule has 1 aliphatic heterocycles. The van der Waals surface area contributed by atoms with Crippen LogP contribution in [-0.2, 0) is 27.5 Å². The van der Waals surface area contributed by atoms with Gasteiger partial charge in [-0.25, -0.2) is 13.1 Å². The van der Waals surface area contributed by atoms with E-state index in [9.17, 15) is 18.0 Å². The summed E-state index contributed by atoms with van der Waals surface area (Å²) in [6.45, 7) is 2.01. The van der Waals surface area contributed by atoms with Gasteiger partial charge in [0, 0.05) is 19.2 Å². The monoisotopic (exact) mass is 325 g/mol. The minimum atomic E-state index is -3.03. The number of rotatable bonds is 2. The fourth-order valence-electron chi connectivity index (χ4n) is 2.99. The molecule has 7 nitrogen and oxygen atoms in total. The van der Waals surface area contributed by atoms with Crippen molar-refractivity contribution in [1.82, 2.24) is 14.7 Å². The molecule has 0 saturated carbocycles. The first-order valence-electron chi connectivity index (χ1n) is 7.48. The van der Waals surface area contributed by atoms with Gasteiger partial charge < -0.3 is 4.90 Å². The van der Waals surface area contributed by atoms with E-state index >= 15 is 0 Å². The molecule has 0 bridgehead atoms. The maximum absolute atomic E-state index is 12.5. The Balaban J connectivity index is 1.81. The number of fused-ring (bicyclic) bond motifs is 1. The van der Waals surface area contributed by atoms with Gasteiger partial charge in [0.25, 0.3) is 5.56 Å². The largest absolute Gasteiger partial charge is 0.339 e. The number of aryl methyl sites for hydroxylation is 2. The molecular formula is C14H19N3O4S. The number of amides is 1. The molecule has 0 spiro atoms. The molecule has 0 radical (unpaired) electrons. The minimum absolute atomic E-state index is 0.0159. The number of hydrogen-bond acceptors (Lipinski definition) is 5. The molecule has 1 aromatic heterocycles. The van der Waals surface area contributed by atoms with E-state index in [2.05, 4.69) is 5.10 Å². The summed E-state index contributed by atoms with van der Waals surface area (Å²) < 4.78 is 24.1. The maximum atomic E-state index is 12.5. The lowest BCUT2D eigenvalue weighted by Crippen LogP contribution is -2.47. The normalized spacial score (nSPS) is 21.4. The van der Waals surface area contributed by atoms with Gasteiger partial charge in [0.15, 0.2) is 9.84 Å². The molecule has 0 aromatic carbocycles. The Bertz CT molecular complexity index is 755. The Morgan fingerprint density at radius 1 is 1.27 bits per heavy atom. The topological polar surface area (TPSA) is 89.3 Å². The second kappa shape index (κ2) is 5.49. The van der Waals surface area contributed by atoms with E-state index in [1.54, 1.807) is 13.0 Å². The van der Waals surface area contributed by atoms with Gasteiger partial charge in [0.05, 0.1) is 17.2 Å². The van der Waals surface area contributed by atoms with Crippen LogP contribution in [-0.4, -0.2) is 53.6 Å². The summed E-state index contributed by atoms with van der Waals surface area (Å²) in [5, 5.41) is 4.34. The highest BCUT2D eigenvalue weighted by Gasteiger charge is 2.30. The van der Waals surface area contributed by atoms with Crippen LogP contribution in [0, 0.1) is 0 Å². The van der Waals surface area contributed by atoms with Crippen molar-refractivity contribution in [3.05, 3.63) is 27.7 Å². The van der Waals surface area contributed by atoms with Crippen molar-refractivity contribution < 1.29 is 13.2 Å². The van der Waals surface area contributed by atoms with Gasteiger partial charge in [-0.2, -0.15) is 5.10 Å². The van der Waals surface area contributed by atoms with Crippen LogP contribution in [0.25, 0.3) is 0 Å². The summed E-state index contributed by atoms with van der Waals surface area (Å²) in [4.78, 5) is 26.1. The van der Waals surface area contributed by atoms with E-state index in [4.69, 9.17) is 0 Å². The van der Waals surface area contributed by atoms with Crippen LogP contribution in [0.4, 0.5) is 0 Å². The van der Waals surface area contributed by atoms with Crippen molar-refractivity contribution in [2.24, 2.45) is 0 Å². The standard InChI is InChI=1S/C14H19N3O4S/c1-10(14(19)16-5-7-22(20,21)8-6-16)17-13(18)9-11-3-2-4-12(11)15-17/h9-10H,2-8H2,1H3. The van der Waals surface area contributed by atoms with Crippen molar-refractivity contribution in [1.29, 1.82) is 0 Å². The number of nitrogens with zero attached hydrogens (tertiary/aromatic N) is 3. The average molecular weight is 325 g/mol. The Kier molecular flexibility index (Phi) is 3.80. The van der Waals surface area contributed by atoms with E-state index in [1.165, 1.54) is 9.58 Å². The van der Waals surface area contributed by atoms with Gasteiger partial charge in [0.2, 0.25) is 5.91 Å². The molecule has 1 fully saturated rings.